The zero-order chi connectivity index (χ0) is 15.6. The second-order valence-corrected chi connectivity index (χ2v) is 6.96. The fraction of sp³-hybridized carbons (Fsp3) is 0.700. The molecule has 0 saturated heterocycles. The Morgan fingerprint density at radius 1 is 0.857 bits per heavy atom. The van der Waals surface area contributed by atoms with E-state index in [1.165, 1.54) is 56.9 Å². The number of nitrogens with two attached hydrogens (primary N) is 1. The monoisotopic (exact) mass is 289 g/mol. The molecule has 1 rings (SSSR count). The van der Waals surface area contributed by atoms with E-state index >= 15 is 0 Å². The van der Waals surface area contributed by atoms with E-state index in [0.29, 0.717) is 0 Å². The van der Waals surface area contributed by atoms with Crippen LogP contribution in [0.1, 0.15) is 84.1 Å². The average molecular weight is 290 g/mol. The zero-order valence-electron chi connectivity index (χ0n) is 14.4. The first-order valence-electron chi connectivity index (χ1n) is 8.90. The second-order valence-electron chi connectivity index (χ2n) is 6.96. The van der Waals surface area contributed by atoms with Gasteiger partial charge < -0.3 is 5.73 Å². The molecule has 0 bridgehead atoms. The summed E-state index contributed by atoms with van der Waals surface area (Å²) in [5.74, 6) is 0. The van der Waals surface area contributed by atoms with Gasteiger partial charge in [0.15, 0.2) is 0 Å². The quantitative estimate of drug-likeness (QED) is 0.510. The maximum absolute atomic E-state index is 6.46. The van der Waals surface area contributed by atoms with Gasteiger partial charge >= 0.3 is 0 Å². The summed E-state index contributed by atoms with van der Waals surface area (Å²) in [6.07, 6.45) is 12.1. The highest BCUT2D eigenvalue weighted by Crippen LogP contribution is 2.28. The van der Waals surface area contributed by atoms with E-state index in [4.69, 9.17) is 5.73 Å². The van der Waals surface area contributed by atoms with Crippen LogP contribution in [0, 0.1) is 0 Å². The number of hydrogen-bond donors (Lipinski definition) is 1. The third-order valence-corrected chi connectivity index (χ3v) is 4.81. The van der Waals surface area contributed by atoms with Crippen molar-refractivity contribution in [2.24, 2.45) is 5.73 Å². The van der Waals surface area contributed by atoms with Crippen molar-refractivity contribution in [2.75, 3.05) is 0 Å². The van der Waals surface area contributed by atoms with Crippen molar-refractivity contribution in [1.82, 2.24) is 0 Å². The Hall–Kier alpha value is -0.820. The Morgan fingerprint density at radius 2 is 1.38 bits per heavy atom. The van der Waals surface area contributed by atoms with Gasteiger partial charge in [-0.05, 0) is 12.0 Å². The van der Waals surface area contributed by atoms with Crippen LogP contribution < -0.4 is 5.73 Å². The molecule has 0 spiro atoms. The van der Waals surface area contributed by atoms with Crippen molar-refractivity contribution in [1.29, 1.82) is 0 Å². The van der Waals surface area contributed by atoms with Crippen LogP contribution in [0.4, 0.5) is 0 Å². The highest BCUT2D eigenvalue weighted by molar-refractivity contribution is 5.25. The molecule has 1 aromatic rings. The van der Waals surface area contributed by atoms with Gasteiger partial charge in [-0.3, -0.25) is 0 Å². The minimum absolute atomic E-state index is 0.0718. The lowest BCUT2D eigenvalue weighted by Gasteiger charge is -2.32. The third kappa shape index (κ3) is 6.65. The summed E-state index contributed by atoms with van der Waals surface area (Å²) < 4.78 is 0. The van der Waals surface area contributed by atoms with Crippen LogP contribution in [0.2, 0.25) is 0 Å². The maximum Gasteiger partial charge on any atom is 0.0131 e. The highest BCUT2D eigenvalue weighted by atomic mass is 14.7. The molecule has 1 aromatic carbocycles. The van der Waals surface area contributed by atoms with Crippen LogP contribution >= 0.6 is 0 Å². The molecule has 0 saturated carbocycles. The van der Waals surface area contributed by atoms with Gasteiger partial charge in [0.05, 0.1) is 0 Å². The van der Waals surface area contributed by atoms with Crippen LogP contribution in [0.5, 0.6) is 0 Å². The molecule has 0 fully saturated rings. The maximum atomic E-state index is 6.46. The molecule has 1 heteroatoms. The first-order chi connectivity index (χ1) is 10.1. The van der Waals surface area contributed by atoms with Crippen LogP contribution in [-0.4, -0.2) is 6.04 Å². The van der Waals surface area contributed by atoms with Crippen molar-refractivity contribution in [3.8, 4) is 0 Å². The fourth-order valence-electron chi connectivity index (χ4n) is 2.94. The molecule has 120 valence electrons. The van der Waals surface area contributed by atoms with Crippen molar-refractivity contribution >= 4 is 0 Å². The Balaban J connectivity index is 2.20. The minimum atomic E-state index is 0.0718. The smallest absolute Gasteiger partial charge is 0.0131 e. The van der Waals surface area contributed by atoms with Crippen LogP contribution in [0.3, 0.4) is 0 Å². The average Bonchev–Trinajstić information content (AvgIpc) is 2.50. The number of unbranched alkanes of at least 4 members (excludes halogenated alkanes) is 7. The van der Waals surface area contributed by atoms with Gasteiger partial charge in [0.2, 0.25) is 0 Å². The largest absolute Gasteiger partial charge is 0.327 e. The molecular formula is C20H35N. The molecule has 2 N–H and O–H groups in total. The van der Waals surface area contributed by atoms with Crippen molar-refractivity contribution in [2.45, 2.75) is 90.0 Å². The standard InChI is InChI=1S/C20H35N/c1-4-5-6-7-8-9-10-14-17-19(21)20(2,3)18-15-12-11-13-16-18/h11-13,15-16,19H,4-10,14,17,21H2,1-3H3. The van der Waals surface area contributed by atoms with Gasteiger partial charge in [0.25, 0.3) is 0 Å². The van der Waals surface area contributed by atoms with Gasteiger partial charge in [-0.15, -0.1) is 0 Å². The van der Waals surface area contributed by atoms with E-state index in [0.717, 1.165) is 6.42 Å². The Labute approximate surface area is 132 Å². The van der Waals surface area contributed by atoms with Gasteiger partial charge in [-0.1, -0.05) is 102 Å². The molecular weight excluding hydrogens is 254 g/mol. The predicted octanol–water partition coefficient (Wildman–Crippen LogP) is 5.82. The molecule has 0 aliphatic carbocycles. The molecule has 0 aliphatic rings. The molecule has 21 heavy (non-hydrogen) atoms. The third-order valence-electron chi connectivity index (χ3n) is 4.81. The summed E-state index contributed by atoms with van der Waals surface area (Å²) in [6.45, 7) is 6.82. The molecule has 0 amide bonds. The first-order valence-corrected chi connectivity index (χ1v) is 8.90. The fourth-order valence-corrected chi connectivity index (χ4v) is 2.94. The van der Waals surface area contributed by atoms with Crippen LogP contribution in [0.15, 0.2) is 30.3 Å². The Morgan fingerprint density at radius 3 is 1.95 bits per heavy atom. The van der Waals surface area contributed by atoms with Gasteiger partial charge in [-0.25, -0.2) is 0 Å². The summed E-state index contributed by atoms with van der Waals surface area (Å²) in [5, 5.41) is 0. The summed E-state index contributed by atoms with van der Waals surface area (Å²) in [6, 6.07) is 10.9. The topological polar surface area (TPSA) is 26.0 Å². The molecule has 1 atom stereocenters. The molecule has 1 unspecified atom stereocenters. The van der Waals surface area contributed by atoms with E-state index in [2.05, 4.69) is 51.1 Å². The van der Waals surface area contributed by atoms with Crippen molar-refractivity contribution < 1.29 is 0 Å². The minimum Gasteiger partial charge on any atom is -0.327 e. The Bertz CT molecular complexity index is 355. The van der Waals surface area contributed by atoms with Gasteiger partial charge in [0, 0.05) is 11.5 Å². The van der Waals surface area contributed by atoms with Crippen LogP contribution in [0.25, 0.3) is 0 Å². The molecule has 0 aromatic heterocycles. The second kappa shape index (κ2) is 10.00. The van der Waals surface area contributed by atoms with Gasteiger partial charge in [-0.2, -0.15) is 0 Å². The predicted molar refractivity (Wildman–Crippen MR) is 94.7 cm³/mol. The molecule has 0 radical (unpaired) electrons. The first kappa shape index (κ1) is 18.2. The molecule has 0 aliphatic heterocycles. The molecule has 1 nitrogen and oxygen atoms in total. The molecule has 0 heterocycles. The van der Waals surface area contributed by atoms with Crippen molar-refractivity contribution in [3.05, 3.63) is 35.9 Å². The Kier molecular flexibility index (Phi) is 8.68. The highest BCUT2D eigenvalue weighted by Gasteiger charge is 2.27. The normalized spacial score (nSPS) is 13.3. The van der Waals surface area contributed by atoms with E-state index in [-0.39, 0.29) is 11.5 Å². The van der Waals surface area contributed by atoms with E-state index < -0.39 is 0 Å². The van der Waals surface area contributed by atoms with E-state index in [1.54, 1.807) is 0 Å². The summed E-state index contributed by atoms with van der Waals surface area (Å²) in [5.41, 5.74) is 7.89. The van der Waals surface area contributed by atoms with Crippen molar-refractivity contribution in [3.63, 3.8) is 0 Å². The number of benzene rings is 1. The van der Waals surface area contributed by atoms with Gasteiger partial charge in [0.1, 0.15) is 0 Å². The number of rotatable bonds is 11. The zero-order valence-corrected chi connectivity index (χ0v) is 14.4. The summed E-state index contributed by atoms with van der Waals surface area (Å²) >= 11 is 0. The van der Waals surface area contributed by atoms with Crippen LogP contribution in [-0.2, 0) is 5.41 Å². The number of hydrogen-bond acceptors (Lipinski definition) is 1. The lowest BCUT2D eigenvalue weighted by molar-refractivity contribution is 0.375. The lowest BCUT2D eigenvalue weighted by Crippen LogP contribution is -2.40. The van der Waals surface area contributed by atoms with E-state index in [9.17, 15) is 0 Å². The summed E-state index contributed by atoms with van der Waals surface area (Å²) in [7, 11) is 0. The summed E-state index contributed by atoms with van der Waals surface area (Å²) in [4.78, 5) is 0. The lowest BCUT2D eigenvalue weighted by atomic mass is 9.76. The SMILES string of the molecule is CCCCCCCCCCC(N)C(C)(C)c1ccccc1. The van der Waals surface area contributed by atoms with E-state index in [1.807, 2.05) is 0 Å².